The molecule has 1 aliphatic heterocycles. The lowest BCUT2D eigenvalue weighted by Gasteiger charge is -2.24. The van der Waals surface area contributed by atoms with Crippen molar-refractivity contribution >= 4 is 11.5 Å². The molecule has 1 saturated carbocycles. The van der Waals surface area contributed by atoms with Crippen molar-refractivity contribution in [2.24, 2.45) is 9.98 Å². The van der Waals surface area contributed by atoms with Crippen LogP contribution in [0.1, 0.15) is 67.3 Å². The van der Waals surface area contributed by atoms with Crippen molar-refractivity contribution < 1.29 is 0 Å². The molecule has 6 nitrogen and oxygen atoms in total. The van der Waals surface area contributed by atoms with E-state index in [-0.39, 0.29) is 0 Å². The van der Waals surface area contributed by atoms with Crippen LogP contribution in [0.5, 0.6) is 0 Å². The Morgan fingerprint density at radius 3 is 2.67 bits per heavy atom. The van der Waals surface area contributed by atoms with E-state index in [1.54, 1.807) is 0 Å². The van der Waals surface area contributed by atoms with Crippen molar-refractivity contribution in [3.05, 3.63) is 71.2 Å². The Kier molecular flexibility index (Phi) is 6.44. The van der Waals surface area contributed by atoms with E-state index < -0.39 is 0 Å². The molecule has 33 heavy (non-hydrogen) atoms. The normalized spacial score (nSPS) is 17.8. The van der Waals surface area contributed by atoms with Crippen LogP contribution in [-0.4, -0.2) is 39.9 Å². The lowest BCUT2D eigenvalue weighted by Crippen LogP contribution is -2.23. The summed E-state index contributed by atoms with van der Waals surface area (Å²) in [4.78, 5) is 13.8. The number of aliphatic imine (C=N–C) groups is 2. The standard InChI is InChI=1S/C27H32N6/c1-19(32-27(28-2)22-9-8-20-10-15-30-17-23(20)16-22)25-18-31-33(24-6-4-3-5-7-24)26(25)21-11-13-29-14-12-21/h8-9,11-14,16,18,24,30H,3-7,10,15,17H2,1-2H3/b28-27-,32-19+. The summed E-state index contributed by atoms with van der Waals surface area (Å²) in [6, 6.07) is 11.2. The summed E-state index contributed by atoms with van der Waals surface area (Å²) in [5.41, 5.74) is 8.08. The van der Waals surface area contributed by atoms with E-state index in [1.165, 1.54) is 43.2 Å². The largest absolute Gasteiger partial charge is 0.312 e. The minimum atomic E-state index is 0.441. The Labute approximate surface area is 195 Å². The molecule has 6 heteroatoms. The van der Waals surface area contributed by atoms with Crippen LogP contribution in [0.4, 0.5) is 0 Å². The first-order valence-electron chi connectivity index (χ1n) is 12.1. The predicted octanol–water partition coefficient (Wildman–Crippen LogP) is 4.98. The maximum atomic E-state index is 5.01. The fraction of sp³-hybridized carbons (Fsp3) is 0.407. The molecule has 0 saturated heterocycles. The molecule has 0 unspecified atom stereocenters. The van der Waals surface area contributed by atoms with Crippen LogP contribution in [0.3, 0.4) is 0 Å². The Hall–Kier alpha value is -3.12. The summed E-state index contributed by atoms with van der Waals surface area (Å²) in [5, 5.41) is 8.33. The number of aromatic nitrogens is 3. The van der Waals surface area contributed by atoms with Crippen molar-refractivity contribution in [3.8, 4) is 11.3 Å². The average molecular weight is 441 g/mol. The Balaban J connectivity index is 1.53. The third-order valence-corrected chi connectivity index (χ3v) is 6.90. The smallest absolute Gasteiger partial charge is 0.154 e. The van der Waals surface area contributed by atoms with Gasteiger partial charge >= 0.3 is 0 Å². The van der Waals surface area contributed by atoms with E-state index in [0.29, 0.717) is 6.04 Å². The van der Waals surface area contributed by atoms with Crippen LogP contribution in [0, 0.1) is 0 Å². The number of amidine groups is 1. The second kappa shape index (κ2) is 9.79. The number of benzene rings is 1. The first kappa shape index (κ1) is 21.7. The van der Waals surface area contributed by atoms with Gasteiger partial charge in [-0.3, -0.25) is 14.7 Å². The lowest BCUT2D eigenvalue weighted by atomic mass is 9.95. The molecule has 5 rings (SSSR count). The molecule has 1 aliphatic carbocycles. The van der Waals surface area contributed by atoms with Crippen molar-refractivity contribution in [2.75, 3.05) is 13.6 Å². The monoisotopic (exact) mass is 440 g/mol. The SMILES string of the molecule is C/N=C(\N=C(/C)c1cnn(C2CCCCC2)c1-c1ccncc1)c1ccc2c(c1)CNCC2. The predicted molar refractivity (Wildman–Crippen MR) is 134 cm³/mol. The van der Waals surface area contributed by atoms with Crippen molar-refractivity contribution in [1.29, 1.82) is 0 Å². The summed E-state index contributed by atoms with van der Waals surface area (Å²) in [5.74, 6) is 0.756. The van der Waals surface area contributed by atoms with Gasteiger partial charge in [0, 0.05) is 42.7 Å². The highest BCUT2D eigenvalue weighted by Crippen LogP contribution is 2.34. The molecule has 170 valence electrons. The van der Waals surface area contributed by atoms with Gasteiger partial charge in [-0.05, 0) is 62.1 Å². The lowest BCUT2D eigenvalue weighted by molar-refractivity contribution is 0.332. The first-order chi connectivity index (χ1) is 16.2. The zero-order valence-corrected chi connectivity index (χ0v) is 19.6. The van der Waals surface area contributed by atoms with Gasteiger partial charge in [-0.25, -0.2) is 4.99 Å². The maximum Gasteiger partial charge on any atom is 0.154 e. The highest BCUT2D eigenvalue weighted by atomic mass is 15.3. The third kappa shape index (κ3) is 4.53. The maximum absolute atomic E-state index is 5.01. The van der Waals surface area contributed by atoms with Gasteiger partial charge in [0.15, 0.2) is 5.84 Å². The van der Waals surface area contributed by atoms with Crippen LogP contribution < -0.4 is 5.32 Å². The van der Waals surface area contributed by atoms with E-state index in [4.69, 9.17) is 10.1 Å². The topological polar surface area (TPSA) is 67.5 Å². The third-order valence-electron chi connectivity index (χ3n) is 6.90. The van der Waals surface area contributed by atoms with E-state index in [0.717, 1.165) is 53.4 Å². The van der Waals surface area contributed by atoms with Gasteiger partial charge in [0.2, 0.25) is 0 Å². The number of nitrogens with one attached hydrogen (secondary N) is 1. The molecular weight excluding hydrogens is 408 g/mol. The number of pyridine rings is 1. The minimum Gasteiger partial charge on any atom is -0.312 e. The quantitative estimate of drug-likeness (QED) is 0.459. The van der Waals surface area contributed by atoms with Crippen LogP contribution in [0.2, 0.25) is 0 Å². The molecular formula is C27H32N6. The van der Waals surface area contributed by atoms with E-state index in [9.17, 15) is 0 Å². The molecule has 2 aliphatic rings. The number of hydrogen-bond donors (Lipinski definition) is 1. The number of fused-ring (bicyclic) bond motifs is 1. The van der Waals surface area contributed by atoms with Gasteiger partial charge in [-0.2, -0.15) is 5.10 Å². The zero-order chi connectivity index (χ0) is 22.6. The molecule has 3 heterocycles. The zero-order valence-electron chi connectivity index (χ0n) is 19.6. The Bertz CT molecular complexity index is 1170. The summed E-state index contributed by atoms with van der Waals surface area (Å²) in [6.45, 7) is 4.02. The molecule has 1 fully saturated rings. The molecule has 1 N–H and O–H groups in total. The molecule has 0 radical (unpaired) electrons. The minimum absolute atomic E-state index is 0.441. The van der Waals surface area contributed by atoms with Gasteiger partial charge in [-0.15, -0.1) is 0 Å². The van der Waals surface area contributed by atoms with Gasteiger partial charge in [0.25, 0.3) is 0 Å². The summed E-state index contributed by atoms with van der Waals surface area (Å²) < 4.78 is 2.23. The molecule has 2 aromatic heterocycles. The van der Waals surface area contributed by atoms with E-state index in [2.05, 4.69) is 57.2 Å². The van der Waals surface area contributed by atoms with Gasteiger partial charge in [-0.1, -0.05) is 31.4 Å². The first-order valence-corrected chi connectivity index (χ1v) is 12.1. The summed E-state index contributed by atoms with van der Waals surface area (Å²) >= 11 is 0. The fourth-order valence-corrected chi connectivity index (χ4v) is 5.11. The molecule has 3 aromatic rings. The van der Waals surface area contributed by atoms with E-state index >= 15 is 0 Å². The number of rotatable bonds is 4. The second-order valence-corrected chi connectivity index (χ2v) is 9.03. The van der Waals surface area contributed by atoms with Crippen LogP contribution in [0.25, 0.3) is 11.3 Å². The molecule has 0 spiro atoms. The van der Waals surface area contributed by atoms with Crippen molar-refractivity contribution in [3.63, 3.8) is 0 Å². The molecule has 0 amide bonds. The van der Waals surface area contributed by atoms with Gasteiger partial charge in [0.05, 0.1) is 23.6 Å². The molecule has 0 bridgehead atoms. The van der Waals surface area contributed by atoms with Crippen LogP contribution in [-0.2, 0) is 13.0 Å². The van der Waals surface area contributed by atoms with Crippen LogP contribution in [0.15, 0.2) is 58.9 Å². The Morgan fingerprint density at radius 1 is 1.06 bits per heavy atom. The second-order valence-electron chi connectivity index (χ2n) is 9.03. The summed E-state index contributed by atoms with van der Waals surface area (Å²) in [6.07, 6.45) is 13.0. The van der Waals surface area contributed by atoms with Crippen LogP contribution >= 0.6 is 0 Å². The fourth-order valence-electron chi connectivity index (χ4n) is 5.11. The highest BCUT2D eigenvalue weighted by Gasteiger charge is 2.23. The number of hydrogen-bond acceptors (Lipinski definition) is 4. The molecule has 1 aromatic carbocycles. The van der Waals surface area contributed by atoms with E-state index in [1.807, 2.05) is 25.6 Å². The molecule has 0 atom stereocenters. The van der Waals surface area contributed by atoms with Crippen molar-refractivity contribution in [2.45, 2.75) is 58.0 Å². The summed E-state index contributed by atoms with van der Waals surface area (Å²) in [7, 11) is 1.82. The van der Waals surface area contributed by atoms with Gasteiger partial charge < -0.3 is 5.32 Å². The average Bonchev–Trinajstić information content (AvgIpc) is 3.33. The van der Waals surface area contributed by atoms with Gasteiger partial charge in [0.1, 0.15) is 0 Å². The Morgan fingerprint density at radius 2 is 1.88 bits per heavy atom. The highest BCUT2D eigenvalue weighted by molar-refractivity contribution is 6.13. The van der Waals surface area contributed by atoms with Crippen molar-refractivity contribution in [1.82, 2.24) is 20.1 Å². The number of nitrogens with zero attached hydrogens (tertiary/aromatic N) is 5.